The summed E-state index contributed by atoms with van der Waals surface area (Å²) in [6.45, 7) is 5.80. The Labute approximate surface area is 126 Å². The van der Waals surface area contributed by atoms with Crippen LogP contribution in [0, 0.1) is 17.2 Å². The van der Waals surface area contributed by atoms with E-state index in [1.165, 1.54) is 0 Å². The molecule has 2 heterocycles. The molecule has 2 fully saturated rings. The summed E-state index contributed by atoms with van der Waals surface area (Å²) in [6.07, 6.45) is 4.42. The highest BCUT2D eigenvalue weighted by atomic mass is 16.5. The van der Waals surface area contributed by atoms with E-state index in [1.54, 1.807) is 18.1 Å². The first kappa shape index (κ1) is 16.0. The van der Waals surface area contributed by atoms with Gasteiger partial charge in [0.15, 0.2) is 0 Å². The molecule has 0 radical (unpaired) electrons. The summed E-state index contributed by atoms with van der Waals surface area (Å²) in [5, 5.41) is 9.18. The number of carbonyl (C=O) groups excluding carboxylic acids is 1. The monoisotopic (exact) mass is 292 g/mol. The van der Waals surface area contributed by atoms with Gasteiger partial charge in [-0.2, -0.15) is 5.26 Å². The predicted molar refractivity (Wildman–Crippen MR) is 78.4 cm³/mol. The first-order valence-electron chi connectivity index (χ1n) is 7.60. The molecule has 116 valence electrons. The van der Waals surface area contributed by atoms with Crippen LogP contribution in [-0.2, 0) is 14.3 Å². The molecular formula is C16H24N2O3. The van der Waals surface area contributed by atoms with Gasteiger partial charge in [0.2, 0.25) is 0 Å². The van der Waals surface area contributed by atoms with Crippen molar-refractivity contribution in [1.29, 1.82) is 5.26 Å². The Bertz CT molecular complexity index is 459. The number of nitriles is 1. The molecule has 5 heteroatoms. The minimum atomic E-state index is -0.236. The van der Waals surface area contributed by atoms with Crippen molar-refractivity contribution >= 4 is 5.91 Å². The smallest absolute Gasteiger partial charge is 0.264 e. The minimum absolute atomic E-state index is 0.114. The molecule has 2 atom stereocenters. The molecule has 2 aliphatic heterocycles. The molecule has 2 unspecified atom stereocenters. The van der Waals surface area contributed by atoms with Crippen LogP contribution in [0.4, 0.5) is 0 Å². The second-order valence-corrected chi connectivity index (χ2v) is 6.18. The topological polar surface area (TPSA) is 62.6 Å². The van der Waals surface area contributed by atoms with E-state index in [1.807, 2.05) is 19.9 Å². The number of rotatable bonds is 3. The summed E-state index contributed by atoms with van der Waals surface area (Å²) in [5.41, 5.74) is -0.0109. The molecule has 0 aromatic carbocycles. The molecule has 0 aliphatic carbocycles. The van der Waals surface area contributed by atoms with Crippen LogP contribution < -0.4 is 0 Å². The van der Waals surface area contributed by atoms with Gasteiger partial charge >= 0.3 is 0 Å². The van der Waals surface area contributed by atoms with Gasteiger partial charge in [0.1, 0.15) is 17.7 Å². The fraction of sp³-hybridized carbons (Fsp3) is 0.750. The maximum Gasteiger partial charge on any atom is 0.264 e. The fourth-order valence-corrected chi connectivity index (χ4v) is 3.25. The van der Waals surface area contributed by atoms with Gasteiger partial charge in [0.05, 0.1) is 12.1 Å². The third-order valence-electron chi connectivity index (χ3n) is 4.33. The number of allylic oxidation sites excluding steroid dienone is 1. The van der Waals surface area contributed by atoms with Gasteiger partial charge in [-0.25, -0.2) is 0 Å². The SMILES string of the molecule is COC1CN(C(=O)C(C#N)=CC(C)C)CCC12CCCO2. The number of piperidine rings is 1. The Kier molecular flexibility index (Phi) is 5.02. The summed E-state index contributed by atoms with van der Waals surface area (Å²) in [5.74, 6) is -0.0165. The van der Waals surface area contributed by atoms with E-state index in [9.17, 15) is 10.1 Å². The van der Waals surface area contributed by atoms with E-state index >= 15 is 0 Å². The van der Waals surface area contributed by atoms with E-state index in [0.29, 0.717) is 13.1 Å². The summed E-state index contributed by atoms with van der Waals surface area (Å²) < 4.78 is 11.5. The first-order chi connectivity index (χ1) is 10.0. The molecule has 0 aromatic rings. The third-order valence-corrected chi connectivity index (χ3v) is 4.33. The third kappa shape index (κ3) is 3.28. The number of amides is 1. The van der Waals surface area contributed by atoms with Gasteiger partial charge in [-0.1, -0.05) is 19.9 Å². The molecular weight excluding hydrogens is 268 g/mol. The molecule has 1 amide bonds. The van der Waals surface area contributed by atoms with Crippen molar-refractivity contribution in [2.75, 3.05) is 26.8 Å². The molecule has 2 saturated heterocycles. The number of hydrogen-bond acceptors (Lipinski definition) is 4. The molecule has 21 heavy (non-hydrogen) atoms. The van der Waals surface area contributed by atoms with Crippen LogP contribution in [0.25, 0.3) is 0 Å². The number of carbonyl (C=O) groups is 1. The van der Waals surface area contributed by atoms with Crippen molar-refractivity contribution in [2.45, 2.75) is 44.8 Å². The Morgan fingerprint density at radius 3 is 2.81 bits per heavy atom. The molecule has 1 spiro atoms. The lowest BCUT2D eigenvalue weighted by Gasteiger charge is -2.44. The van der Waals surface area contributed by atoms with Gasteiger partial charge in [0.25, 0.3) is 5.91 Å². The quantitative estimate of drug-likeness (QED) is 0.588. The Balaban J connectivity index is 2.10. The van der Waals surface area contributed by atoms with Crippen molar-refractivity contribution in [1.82, 2.24) is 4.90 Å². The second kappa shape index (κ2) is 6.59. The molecule has 5 nitrogen and oxygen atoms in total. The lowest BCUT2D eigenvalue weighted by molar-refractivity contribution is -0.155. The number of likely N-dealkylation sites (tertiary alicyclic amines) is 1. The van der Waals surface area contributed by atoms with Crippen LogP contribution in [0.3, 0.4) is 0 Å². The maximum atomic E-state index is 12.5. The second-order valence-electron chi connectivity index (χ2n) is 6.18. The van der Waals surface area contributed by atoms with Gasteiger partial charge in [0, 0.05) is 20.3 Å². The van der Waals surface area contributed by atoms with E-state index in [2.05, 4.69) is 0 Å². The minimum Gasteiger partial charge on any atom is -0.377 e. The predicted octanol–water partition coefficient (Wildman–Crippen LogP) is 1.89. The van der Waals surface area contributed by atoms with Crippen LogP contribution in [0.15, 0.2) is 11.6 Å². The molecule has 0 saturated carbocycles. The zero-order valence-corrected chi connectivity index (χ0v) is 13.1. The highest BCUT2D eigenvalue weighted by molar-refractivity contribution is 5.97. The summed E-state index contributed by atoms with van der Waals surface area (Å²) in [4.78, 5) is 14.2. The summed E-state index contributed by atoms with van der Waals surface area (Å²) >= 11 is 0. The molecule has 0 bridgehead atoms. The zero-order valence-electron chi connectivity index (χ0n) is 13.1. The van der Waals surface area contributed by atoms with E-state index in [-0.39, 0.29) is 29.1 Å². The summed E-state index contributed by atoms with van der Waals surface area (Å²) in [6, 6.07) is 2.02. The average Bonchev–Trinajstić information content (AvgIpc) is 2.93. The van der Waals surface area contributed by atoms with Crippen LogP contribution in [0.5, 0.6) is 0 Å². The largest absolute Gasteiger partial charge is 0.377 e. The highest BCUT2D eigenvalue weighted by Gasteiger charge is 2.47. The van der Waals surface area contributed by atoms with Gasteiger partial charge in [-0.05, 0) is 25.2 Å². The van der Waals surface area contributed by atoms with E-state index < -0.39 is 0 Å². The maximum absolute atomic E-state index is 12.5. The van der Waals surface area contributed by atoms with Crippen molar-refractivity contribution in [2.24, 2.45) is 5.92 Å². The highest BCUT2D eigenvalue weighted by Crippen LogP contribution is 2.37. The lowest BCUT2D eigenvalue weighted by Crippen LogP contribution is -2.57. The number of methoxy groups -OCH3 is 1. The zero-order chi connectivity index (χ0) is 15.5. The van der Waals surface area contributed by atoms with Gasteiger partial charge in [-0.3, -0.25) is 4.79 Å². The number of nitrogens with zero attached hydrogens (tertiary/aromatic N) is 2. The van der Waals surface area contributed by atoms with Crippen molar-refractivity contribution in [3.05, 3.63) is 11.6 Å². The van der Waals surface area contributed by atoms with Crippen LogP contribution in [-0.4, -0.2) is 49.3 Å². The average molecular weight is 292 g/mol. The lowest BCUT2D eigenvalue weighted by atomic mass is 9.85. The molecule has 2 rings (SSSR count). The van der Waals surface area contributed by atoms with Crippen LogP contribution in [0.2, 0.25) is 0 Å². The van der Waals surface area contributed by atoms with Crippen molar-refractivity contribution < 1.29 is 14.3 Å². The van der Waals surface area contributed by atoms with Crippen LogP contribution >= 0.6 is 0 Å². The van der Waals surface area contributed by atoms with E-state index in [0.717, 1.165) is 25.9 Å². The number of ether oxygens (including phenoxy) is 2. The van der Waals surface area contributed by atoms with Gasteiger partial charge < -0.3 is 14.4 Å². The van der Waals surface area contributed by atoms with Crippen molar-refractivity contribution in [3.8, 4) is 6.07 Å². The first-order valence-corrected chi connectivity index (χ1v) is 7.60. The molecule has 2 aliphatic rings. The van der Waals surface area contributed by atoms with Crippen molar-refractivity contribution in [3.63, 3.8) is 0 Å². The van der Waals surface area contributed by atoms with E-state index in [4.69, 9.17) is 9.47 Å². The van der Waals surface area contributed by atoms with Gasteiger partial charge in [-0.15, -0.1) is 0 Å². The molecule has 0 aromatic heterocycles. The standard InChI is InChI=1S/C16H24N2O3/c1-12(2)9-13(10-17)15(19)18-7-6-16(5-4-8-21-16)14(11-18)20-3/h9,12,14H,4-8,11H2,1-3H3. The Morgan fingerprint density at radius 2 is 2.29 bits per heavy atom. The normalized spacial score (nSPS) is 30.0. The Morgan fingerprint density at radius 1 is 1.52 bits per heavy atom. The summed E-state index contributed by atoms with van der Waals surface area (Å²) in [7, 11) is 1.66. The molecule has 0 N–H and O–H groups in total. The Hall–Kier alpha value is -1.38. The van der Waals surface area contributed by atoms with Crippen LogP contribution in [0.1, 0.15) is 33.1 Å². The number of hydrogen-bond donors (Lipinski definition) is 0. The fourth-order valence-electron chi connectivity index (χ4n) is 3.25.